The number of nitrogens with one attached hydrogen (secondary N) is 1. The van der Waals surface area contributed by atoms with Gasteiger partial charge in [0.1, 0.15) is 0 Å². The Morgan fingerprint density at radius 2 is 1.62 bits per heavy atom. The molecule has 0 bridgehead atoms. The van der Waals surface area contributed by atoms with Crippen LogP contribution < -0.4 is 0 Å². The number of carbonyl (C=O) groups is 1. The predicted molar refractivity (Wildman–Crippen MR) is 27.0 cm³/mol. The molecule has 3 N–H and O–H groups in total. The summed E-state index contributed by atoms with van der Waals surface area (Å²) in [5.41, 5.74) is 0. The molecule has 0 rings (SSSR count). The van der Waals surface area contributed by atoms with Crippen LogP contribution in [0.25, 0.3) is 0 Å². The minimum absolute atomic E-state index is 0. The van der Waals surface area contributed by atoms with Crippen molar-refractivity contribution in [3.05, 3.63) is 0 Å². The molecule has 0 amide bonds. The van der Waals surface area contributed by atoms with Crippen molar-refractivity contribution in [1.82, 2.24) is 0 Å². The van der Waals surface area contributed by atoms with E-state index in [4.69, 9.17) is 25.2 Å². The van der Waals surface area contributed by atoms with Gasteiger partial charge >= 0.3 is 43.9 Å². The van der Waals surface area contributed by atoms with Crippen LogP contribution in [0.1, 0.15) is 2.85 Å². The summed E-state index contributed by atoms with van der Waals surface area (Å²) in [6.07, 6.45) is -1.08. The van der Waals surface area contributed by atoms with Gasteiger partial charge < -0.3 is 13.1 Å². The first-order valence-electron chi connectivity index (χ1n) is 1.11. The molecule has 0 aliphatic carbocycles. The molecule has 0 aromatic rings. The molecule has 0 aromatic heterocycles. The summed E-state index contributed by atoms with van der Waals surface area (Å²) in [5, 5.41) is 19.3. The monoisotopic (exact) mass is 147 g/mol. The summed E-state index contributed by atoms with van der Waals surface area (Å²) in [5.74, 6) is 0. The summed E-state index contributed by atoms with van der Waals surface area (Å²) in [4.78, 5) is 16.9. The Balaban J connectivity index is -0.0000000131. The van der Waals surface area contributed by atoms with E-state index in [0.29, 0.717) is 0 Å². The molecule has 0 heterocycles. The van der Waals surface area contributed by atoms with Crippen molar-refractivity contribution < 1.29 is 22.7 Å². The van der Waals surface area contributed by atoms with Crippen LogP contribution in [-0.2, 0) is 4.79 Å². The topological polar surface area (TPSA) is 98.5 Å². The van der Waals surface area contributed by atoms with Crippen molar-refractivity contribution in [2.45, 2.75) is 0 Å². The number of carboxylic acid groups (broad SMARTS) is 2. The fraction of sp³-hybridized carbons (Fsp3) is 0. The second-order valence-corrected chi connectivity index (χ2v) is 0.385. The summed E-state index contributed by atoms with van der Waals surface area (Å²) < 4.78 is 0. The van der Waals surface area contributed by atoms with Crippen molar-refractivity contribution in [1.29, 1.82) is 5.41 Å². The van der Waals surface area contributed by atoms with Crippen molar-refractivity contribution in [2.75, 3.05) is 0 Å². The van der Waals surface area contributed by atoms with Crippen molar-refractivity contribution in [3.63, 3.8) is 0 Å². The van der Waals surface area contributed by atoms with Crippen LogP contribution in [0.3, 0.4) is 0 Å². The van der Waals surface area contributed by atoms with E-state index in [0.717, 1.165) is 6.08 Å². The molecule has 0 atom stereocenters. The molecule has 0 saturated heterocycles. The van der Waals surface area contributed by atoms with Crippen molar-refractivity contribution in [2.24, 2.45) is 0 Å². The van der Waals surface area contributed by atoms with Crippen LogP contribution >= 0.6 is 0 Å². The zero-order valence-electron chi connectivity index (χ0n) is 5.92. The third-order valence-electron chi connectivity index (χ3n) is 0. The molecule has 0 fully saturated rings. The van der Waals surface area contributed by atoms with Crippen LogP contribution in [0.2, 0.25) is 0 Å². The maximum absolute atomic E-state index is 8.56. The van der Waals surface area contributed by atoms with E-state index in [-0.39, 0.29) is 40.6 Å². The molecule has 6 heteroatoms. The molecule has 0 aromatic carbocycles. The van der Waals surface area contributed by atoms with E-state index in [1.807, 2.05) is 0 Å². The molecular weight excluding hydrogens is 142 g/mol. The van der Waals surface area contributed by atoms with E-state index >= 15 is 0 Å². The molecule has 0 aliphatic rings. The molecule has 0 unspecified atom stereocenters. The Bertz CT molecular complexity index is 89.3. The van der Waals surface area contributed by atoms with E-state index < -0.39 is 6.16 Å². The number of hydrogen-bond acceptors (Lipinski definition) is 3. The zero-order chi connectivity index (χ0) is 6.28. The number of hydrogen-bond donors (Lipinski definition) is 3. The summed E-state index contributed by atoms with van der Waals surface area (Å²) in [7, 11) is 0. The van der Waals surface area contributed by atoms with Crippen LogP contribution in [0, 0.1) is 5.41 Å². The normalized spacial score (nSPS) is 4.00. The van der Waals surface area contributed by atoms with E-state index in [1.54, 1.807) is 0 Å². The summed E-state index contributed by atoms with van der Waals surface area (Å²) in [6.45, 7) is 0. The second kappa shape index (κ2) is 15.8. The fourth-order valence-corrected chi connectivity index (χ4v) is 0. The quantitative estimate of drug-likeness (QED) is 0.254. The molecule has 0 saturated carbocycles. The molecule has 0 aliphatic heterocycles. The molecule has 8 heavy (non-hydrogen) atoms. The number of isocyanates is 1. The van der Waals surface area contributed by atoms with Gasteiger partial charge in [0, 0.05) is 0 Å². The number of carbonyl (C=O) groups excluding carboxylic acids is 1. The summed E-state index contributed by atoms with van der Waals surface area (Å²) in [6, 6.07) is 0. The Labute approximate surface area is 77.8 Å². The first kappa shape index (κ1) is 15.7. The Morgan fingerprint density at radius 3 is 1.62 bits per heavy atom. The molecular formula is C2H5CaNO4. The van der Waals surface area contributed by atoms with E-state index in [9.17, 15) is 0 Å². The van der Waals surface area contributed by atoms with Crippen LogP contribution in [-0.4, -0.2) is 60.2 Å². The van der Waals surface area contributed by atoms with Gasteiger partial charge in [-0.15, -0.1) is 0 Å². The van der Waals surface area contributed by atoms with E-state index in [2.05, 4.69) is 0 Å². The SMILES string of the molecule is N=C=O.O=C(O)O.[Ca+2].[H-].[H-]. The number of rotatable bonds is 0. The molecule has 5 nitrogen and oxygen atoms in total. The van der Waals surface area contributed by atoms with E-state index in [1.165, 1.54) is 0 Å². The van der Waals surface area contributed by atoms with Gasteiger partial charge in [0.25, 0.3) is 0 Å². The third-order valence-corrected chi connectivity index (χ3v) is 0. The minimum Gasteiger partial charge on any atom is -1.00 e. The van der Waals surface area contributed by atoms with Crippen LogP contribution in [0.15, 0.2) is 0 Å². The standard InChI is InChI=1S/CHNO.CH2O3.Ca.2H/c2-1-3;2-1(3)4;;;/h2H;(H2,2,3,4);;;/q;;+2;2*-1. The molecule has 44 valence electrons. The second-order valence-electron chi connectivity index (χ2n) is 0.385. The van der Waals surface area contributed by atoms with Gasteiger partial charge in [0.2, 0.25) is 6.08 Å². The maximum Gasteiger partial charge on any atom is 2.00 e. The predicted octanol–water partition coefficient (Wildman–Crippen LogP) is -0.0324. The average molecular weight is 147 g/mol. The van der Waals surface area contributed by atoms with Gasteiger partial charge in [-0.1, -0.05) is 0 Å². The van der Waals surface area contributed by atoms with Crippen molar-refractivity contribution in [3.8, 4) is 0 Å². The van der Waals surface area contributed by atoms with Gasteiger partial charge in [-0.2, -0.15) is 0 Å². The Morgan fingerprint density at radius 1 is 1.62 bits per heavy atom. The van der Waals surface area contributed by atoms with Gasteiger partial charge in [-0.3, -0.25) is 0 Å². The fourth-order valence-electron chi connectivity index (χ4n) is 0. The van der Waals surface area contributed by atoms with Crippen LogP contribution in [0.4, 0.5) is 4.79 Å². The first-order valence-corrected chi connectivity index (χ1v) is 1.11. The van der Waals surface area contributed by atoms with Gasteiger partial charge in [-0.05, 0) is 0 Å². The first-order chi connectivity index (χ1) is 3.15. The molecule has 0 radical (unpaired) electrons. The maximum atomic E-state index is 8.56. The zero-order valence-corrected chi connectivity index (χ0v) is 6.13. The van der Waals surface area contributed by atoms with Gasteiger partial charge in [0.15, 0.2) is 0 Å². The molecule has 0 spiro atoms. The largest absolute Gasteiger partial charge is 2.00 e. The Hall–Kier alpha value is -0.0903. The summed E-state index contributed by atoms with van der Waals surface area (Å²) >= 11 is 0. The van der Waals surface area contributed by atoms with Gasteiger partial charge in [0.05, 0.1) is 0 Å². The van der Waals surface area contributed by atoms with Crippen molar-refractivity contribution >= 4 is 50.0 Å². The average Bonchev–Trinajstić information content (AvgIpc) is 1.33. The minimum atomic E-state index is -1.83. The van der Waals surface area contributed by atoms with Crippen LogP contribution in [0.5, 0.6) is 0 Å². The Kier molecular flexibility index (Phi) is 30.9. The third kappa shape index (κ3) is 17500. The smallest absolute Gasteiger partial charge is 1.00 e. The van der Waals surface area contributed by atoms with Gasteiger partial charge in [-0.25, -0.2) is 15.0 Å².